The van der Waals surface area contributed by atoms with Gasteiger partial charge in [-0.25, -0.2) is 8.42 Å². The minimum Gasteiger partial charge on any atom is -0.345 e. The molecule has 0 unspecified atom stereocenters. The van der Waals surface area contributed by atoms with E-state index < -0.39 is 10.0 Å². The fourth-order valence-corrected chi connectivity index (χ4v) is 3.53. The molecular weight excluding hydrogens is 386 g/mol. The minimum absolute atomic E-state index is 0.166. The van der Waals surface area contributed by atoms with Crippen LogP contribution in [0.3, 0.4) is 0 Å². The second-order valence-electron chi connectivity index (χ2n) is 5.68. The van der Waals surface area contributed by atoms with Gasteiger partial charge in [-0.1, -0.05) is 18.2 Å². The van der Waals surface area contributed by atoms with E-state index in [1.54, 1.807) is 41.9 Å². The van der Waals surface area contributed by atoms with Crippen LogP contribution in [-0.2, 0) is 23.6 Å². The molecule has 0 bridgehead atoms. The lowest BCUT2D eigenvalue weighted by Gasteiger charge is -2.09. The van der Waals surface area contributed by atoms with Crippen molar-refractivity contribution in [2.45, 2.75) is 11.4 Å². The standard InChI is InChI=1S/C17H17N5O3S2/c1-22-15(19-20-17(22)26)11-18-16(23)12-7-9-13(10-8-12)21-27(24,25)14-5-3-2-4-6-14/h2-10,21H,11H2,1H3,(H,18,23)(H,20,26). The van der Waals surface area contributed by atoms with Crippen LogP contribution in [0.1, 0.15) is 16.2 Å². The first-order chi connectivity index (χ1) is 12.9. The Morgan fingerprint density at radius 1 is 1.15 bits per heavy atom. The van der Waals surface area contributed by atoms with E-state index in [1.807, 2.05) is 0 Å². The smallest absolute Gasteiger partial charge is 0.261 e. The molecule has 8 nitrogen and oxygen atoms in total. The second-order valence-corrected chi connectivity index (χ2v) is 7.75. The summed E-state index contributed by atoms with van der Waals surface area (Å²) in [4.78, 5) is 12.4. The molecule has 1 heterocycles. The molecule has 1 amide bonds. The number of carbonyl (C=O) groups excluding carboxylic acids is 1. The highest BCUT2D eigenvalue weighted by Crippen LogP contribution is 2.16. The van der Waals surface area contributed by atoms with E-state index in [0.29, 0.717) is 21.8 Å². The molecule has 0 saturated carbocycles. The number of anilines is 1. The molecule has 3 N–H and O–H groups in total. The van der Waals surface area contributed by atoms with Crippen molar-refractivity contribution < 1.29 is 13.2 Å². The van der Waals surface area contributed by atoms with Crippen molar-refractivity contribution in [2.24, 2.45) is 7.05 Å². The summed E-state index contributed by atoms with van der Waals surface area (Å²) in [6.07, 6.45) is 0. The zero-order valence-corrected chi connectivity index (χ0v) is 16.0. The van der Waals surface area contributed by atoms with Crippen LogP contribution in [0, 0.1) is 4.77 Å². The maximum atomic E-state index is 12.3. The van der Waals surface area contributed by atoms with E-state index in [0.717, 1.165) is 0 Å². The molecule has 10 heteroatoms. The zero-order chi connectivity index (χ0) is 19.4. The molecule has 3 rings (SSSR count). The second kappa shape index (κ2) is 7.72. The lowest BCUT2D eigenvalue weighted by molar-refractivity contribution is 0.0949. The molecule has 140 valence electrons. The summed E-state index contributed by atoms with van der Waals surface area (Å²) in [5.41, 5.74) is 0.763. The van der Waals surface area contributed by atoms with Gasteiger partial charge in [0.1, 0.15) is 0 Å². The fraction of sp³-hybridized carbons (Fsp3) is 0.118. The zero-order valence-electron chi connectivity index (χ0n) is 14.3. The van der Waals surface area contributed by atoms with Gasteiger partial charge in [0, 0.05) is 18.3 Å². The van der Waals surface area contributed by atoms with Crippen LogP contribution in [0.15, 0.2) is 59.5 Å². The highest BCUT2D eigenvalue weighted by molar-refractivity contribution is 7.92. The Labute approximate surface area is 161 Å². The Kier molecular flexibility index (Phi) is 5.38. The quantitative estimate of drug-likeness (QED) is 0.547. The van der Waals surface area contributed by atoms with Crippen LogP contribution in [0.25, 0.3) is 0 Å². The molecule has 0 aliphatic carbocycles. The number of aromatic nitrogens is 3. The minimum atomic E-state index is -3.67. The van der Waals surface area contributed by atoms with Crippen molar-refractivity contribution in [1.29, 1.82) is 0 Å². The van der Waals surface area contributed by atoms with Crippen LogP contribution in [0.5, 0.6) is 0 Å². The van der Waals surface area contributed by atoms with E-state index in [-0.39, 0.29) is 17.3 Å². The number of amides is 1. The van der Waals surface area contributed by atoms with E-state index in [4.69, 9.17) is 12.2 Å². The lowest BCUT2D eigenvalue weighted by atomic mass is 10.2. The van der Waals surface area contributed by atoms with Gasteiger partial charge < -0.3 is 9.88 Å². The first-order valence-electron chi connectivity index (χ1n) is 7.93. The number of nitrogens with zero attached hydrogens (tertiary/aromatic N) is 2. The van der Waals surface area contributed by atoms with Gasteiger partial charge >= 0.3 is 0 Å². The van der Waals surface area contributed by atoms with Crippen molar-refractivity contribution in [1.82, 2.24) is 20.1 Å². The van der Waals surface area contributed by atoms with Crippen molar-refractivity contribution in [3.05, 3.63) is 70.8 Å². The van der Waals surface area contributed by atoms with E-state index in [2.05, 4.69) is 20.2 Å². The first kappa shape index (κ1) is 18.8. The van der Waals surface area contributed by atoms with Gasteiger partial charge in [-0.05, 0) is 48.6 Å². The average Bonchev–Trinajstić information content (AvgIpc) is 2.99. The number of hydrogen-bond acceptors (Lipinski definition) is 5. The Balaban J connectivity index is 1.65. The van der Waals surface area contributed by atoms with Gasteiger partial charge in [0.2, 0.25) is 0 Å². The number of rotatable bonds is 6. The largest absolute Gasteiger partial charge is 0.345 e. The van der Waals surface area contributed by atoms with Crippen molar-refractivity contribution >= 4 is 33.8 Å². The molecule has 2 aromatic carbocycles. The summed E-state index contributed by atoms with van der Waals surface area (Å²) in [5.74, 6) is 0.293. The van der Waals surface area contributed by atoms with E-state index in [9.17, 15) is 13.2 Å². The Hall–Kier alpha value is -2.98. The number of nitrogens with one attached hydrogen (secondary N) is 3. The predicted molar refractivity (Wildman–Crippen MR) is 103 cm³/mol. The number of aromatic amines is 1. The van der Waals surface area contributed by atoms with Gasteiger partial charge in [0.15, 0.2) is 10.6 Å². The highest BCUT2D eigenvalue weighted by atomic mass is 32.2. The Morgan fingerprint density at radius 2 is 1.81 bits per heavy atom. The molecule has 0 aliphatic heterocycles. The Bertz CT molecular complexity index is 1100. The average molecular weight is 403 g/mol. The SMILES string of the molecule is Cn1c(CNC(=O)c2ccc(NS(=O)(=O)c3ccccc3)cc2)n[nH]c1=S. The lowest BCUT2D eigenvalue weighted by Crippen LogP contribution is -2.24. The number of hydrogen-bond donors (Lipinski definition) is 3. The number of H-pyrrole nitrogens is 1. The summed E-state index contributed by atoms with van der Waals surface area (Å²) >= 11 is 5.02. The van der Waals surface area contributed by atoms with Crippen LogP contribution in [0.4, 0.5) is 5.69 Å². The third kappa shape index (κ3) is 4.41. The molecule has 27 heavy (non-hydrogen) atoms. The third-order valence-electron chi connectivity index (χ3n) is 3.83. The first-order valence-corrected chi connectivity index (χ1v) is 9.82. The summed E-state index contributed by atoms with van der Waals surface area (Å²) in [6.45, 7) is 0.213. The molecule has 0 spiro atoms. The summed E-state index contributed by atoms with van der Waals surface area (Å²) in [7, 11) is -1.92. The molecule has 0 aliphatic rings. The molecule has 0 saturated heterocycles. The van der Waals surface area contributed by atoms with Crippen LogP contribution in [0.2, 0.25) is 0 Å². The van der Waals surface area contributed by atoms with Gasteiger partial charge in [0.25, 0.3) is 15.9 Å². The van der Waals surface area contributed by atoms with Gasteiger partial charge in [-0.15, -0.1) is 0 Å². The third-order valence-corrected chi connectivity index (χ3v) is 5.59. The predicted octanol–water partition coefficient (Wildman–Crippen LogP) is 2.21. The number of carbonyl (C=O) groups is 1. The normalized spacial score (nSPS) is 11.1. The Morgan fingerprint density at radius 3 is 2.41 bits per heavy atom. The maximum Gasteiger partial charge on any atom is 0.261 e. The van der Waals surface area contributed by atoms with Gasteiger partial charge in [0.05, 0.1) is 11.4 Å². The van der Waals surface area contributed by atoms with E-state index >= 15 is 0 Å². The fourth-order valence-electron chi connectivity index (χ4n) is 2.30. The topological polar surface area (TPSA) is 109 Å². The molecule has 0 fully saturated rings. The van der Waals surface area contributed by atoms with Crippen LogP contribution >= 0.6 is 12.2 Å². The highest BCUT2D eigenvalue weighted by Gasteiger charge is 2.14. The van der Waals surface area contributed by atoms with Crippen molar-refractivity contribution in [3.8, 4) is 0 Å². The monoisotopic (exact) mass is 403 g/mol. The molecule has 0 radical (unpaired) electrons. The summed E-state index contributed by atoms with van der Waals surface area (Å²) in [5, 5.41) is 9.40. The molecule has 0 atom stereocenters. The maximum absolute atomic E-state index is 12.3. The number of sulfonamides is 1. The van der Waals surface area contributed by atoms with Crippen LogP contribution in [-0.4, -0.2) is 29.1 Å². The molecule has 3 aromatic rings. The number of benzene rings is 2. The molecule has 1 aromatic heterocycles. The molecular formula is C17H17N5O3S2. The summed E-state index contributed by atoms with van der Waals surface area (Å²) < 4.78 is 29.2. The summed E-state index contributed by atoms with van der Waals surface area (Å²) in [6, 6.07) is 14.2. The van der Waals surface area contributed by atoms with E-state index in [1.165, 1.54) is 24.3 Å². The van der Waals surface area contributed by atoms with Crippen LogP contribution < -0.4 is 10.0 Å². The van der Waals surface area contributed by atoms with Gasteiger partial charge in [-0.3, -0.25) is 14.6 Å². The van der Waals surface area contributed by atoms with Crippen molar-refractivity contribution in [2.75, 3.05) is 4.72 Å². The van der Waals surface area contributed by atoms with Gasteiger partial charge in [-0.2, -0.15) is 5.10 Å². The van der Waals surface area contributed by atoms with Crippen molar-refractivity contribution in [3.63, 3.8) is 0 Å².